The van der Waals surface area contributed by atoms with E-state index in [0.29, 0.717) is 27.6 Å². The maximum Gasteiger partial charge on any atom is 0.220 e. The van der Waals surface area contributed by atoms with Crippen LogP contribution in [-0.4, -0.2) is 15.1 Å². The van der Waals surface area contributed by atoms with Crippen molar-refractivity contribution in [2.24, 2.45) is 0 Å². The fourth-order valence-corrected chi connectivity index (χ4v) is 3.41. The van der Waals surface area contributed by atoms with Crippen molar-refractivity contribution in [3.05, 3.63) is 88.3 Å². The summed E-state index contributed by atoms with van der Waals surface area (Å²) in [6.07, 6.45) is 1.59. The first kappa shape index (κ1) is 20.9. The number of hydrogen-bond acceptors (Lipinski definition) is 5. The molecular formula is C23H16Cl2FN3O2. The third-order valence-corrected chi connectivity index (χ3v) is 5.24. The lowest BCUT2D eigenvalue weighted by Gasteiger charge is -2.13. The fraction of sp³-hybridized carbons (Fsp3) is 0.0435. The Labute approximate surface area is 187 Å². The summed E-state index contributed by atoms with van der Waals surface area (Å²) in [6, 6.07) is 16.3. The highest BCUT2D eigenvalue weighted by Gasteiger charge is 2.16. The first-order valence-electron chi connectivity index (χ1n) is 9.20. The third-order valence-electron chi connectivity index (χ3n) is 4.63. The van der Waals surface area contributed by atoms with Crippen molar-refractivity contribution in [1.82, 2.24) is 9.97 Å². The van der Waals surface area contributed by atoms with Gasteiger partial charge in [0.05, 0.1) is 10.7 Å². The van der Waals surface area contributed by atoms with Gasteiger partial charge in [0.1, 0.15) is 23.9 Å². The van der Waals surface area contributed by atoms with Gasteiger partial charge in [-0.1, -0.05) is 41.4 Å². The molecule has 4 aromatic rings. The molecule has 0 aliphatic carbocycles. The third kappa shape index (κ3) is 4.55. The van der Waals surface area contributed by atoms with Crippen LogP contribution in [0.2, 0.25) is 10.0 Å². The zero-order valence-corrected chi connectivity index (χ0v) is 17.5. The van der Waals surface area contributed by atoms with Crippen molar-refractivity contribution in [2.75, 3.05) is 5.73 Å². The summed E-state index contributed by atoms with van der Waals surface area (Å²) in [5, 5.41) is 11.5. The standard InChI is InChI=1S/C23H16Cl2FN3O2/c24-14-6-4-13(5-7-14)17-11-28-23(27)29-22(17)16-9-8-15(10-21(16)30)31-12-18-19(25)2-1-3-20(18)26/h1-11,30H,12H2,(H2,27,28,29). The van der Waals surface area contributed by atoms with Crippen LogP contribution in [0.4, 0.5) is 10.3 Å². The monoisotopic (exact) mass is 455 g/mol. The van der Waals surface area contributed by atoms with E-state index in [2.05, 4.69) is 9.97 Å². The minimum atomic E-state index is -0.461. The predicted octanol–water partition coefficient (Wildman–Crippen LogP) is 6.12. The molecule has 1 heterocycles. The van der Waals surface area contributed by atoms with Crippen LogP contribution < -0.4 is 10.5 Å². The lowest BCUT2D eigenvalue weighted by molar-refractivity contribution is 0.298. The number of nitrogens with zero attached hydrogens (tertiary/aromatic N) is 2. The number of ether oxygens (including phenoxy) is 1. The second-order valence-electron chi connectivity index (χ2n) is 6.67. The maximum atomic E-state index is 13.9. The first-order valence-corrected chi connectivity index (χ1v) is 9.95. The topological polar surface area (TPSA) is 81.3 Å². The van der Waals surface area contributed by atoms with E-state index in [1.807, 2.05) is 12.1 Å². The zero-order valence-electron chi connectivity index (χ0n) is 16.0. The molecule has 5 nitrogen and oxygen atoms in total. The Morgan fingerprint density at radius 1 is 1.00 bits per heavy atom. The van der Waals surface area contributed by atoms with E-state index in [1.54, 1.807) is 36.5 Å². The molecule has 31 heavy (non-hydrogen) atoms. The molecule has 0 saturated carbocycles. The second-order valence-corrected chi connectivity index (χ2v) is 7.51. The van der Waals surface area contributed by atoms with Gasteiger partial charge in [-0.15, -0.1) is 0 Å². The summed E-state index contributed by atoms with van der Waals surface area (Å²) in [6.45, 7) is -0.0826. The fourth-order valence-electron chi connectivity index (χ4n) is 3.07. The van der Waals surface area contributed by atoms with Gasteiger partial charge < -0.3 is 15.6 Å². The number of nitrogen functional groups attached to an aromatic ring is 1. The van der Waals surface area contributed by atoms with Crippen molar-refractivity contribution in [3.63, 3.8) is 0 Å². The van der Waals surface area contributed by atoms with Gasteiger partial charge >= 0.3 is 0 Å². The van der Waals surface area contributed by atoms with Crippen molar-refractivity contribution in [1.29, 1.82) is 0 Å². The molecule has 0 unspecified atom stereocenters. The van der Waals surface area contributed by atoms with Gasteiger partial charge in [0.15, 0.2) is 0 Å². The van der Waals surface area contributed by atoms with Crippen LogP contribution in [0.1, 0.15) is 5.56 Å². The molecule has 156 valence electrons. The summed E-state index contributed by atoms with van der Waals surface area (Å²) in [7, 11) is 0. The SMILES string of the molecule is Nc1ncc(-c2ccc(Cl)cc2)c(-c2ccc(OCc3c(F)cccc3Cl)cc2O)n1. The predicted molar refractivity (Wildman–Crippen MR) is 120 cm³/mol. The molecule has 0 radical (unpaired) electrons. The molecule has 0 aliphatic rings. The Balaban J connectivity index is 1.66. The van der Waals surface area contributed by atoms with Crippen LogP contribution in [0.3, 0.4) is 0 Å². The van der Waals surface area contributed by atoms with Crippen LogP contribution in [0.15, 0.2) is 66.9 Å². The minimum absolute atomic E-state index is 0.0710. The summed E-state index contributed by atoms with van der Waals surface area (Å²) in [5.41, 5.74) is 8.41. The zero-order chi connectivity index (χ0) is 22.0. The molecule has 0 saturated heterocycles. The summed E-state index contributed by atoms with van der Waals surface area (Å²) < 4.78 is 19.6. The largest absolute Gasteiger partial charge is 0.507 e. The smallest absolute Gasteiger partial charge is 0.220 e. The van der Waals surface area contributed by atoms with Crippen LogP contribution in [0.25, 0.3) is 22.4 Å². The van der Waals surface area contributed by atoms with Gasteiger partial charge in [-0.05, 0) is 42.0 Å². The van der Waals surface area contributed by atoms with E-state index in [-0.39, 0.29) is 28.9 Å². The molecule has 0 spiro atoms. The highest BCUT2D eigenvalue weighted by atomic mass is 35.5. The maximum absolute atomic E-state index is 13.9. The number of hydrogen-bond donors (Lipinski definition) is 2. The molecule has 0 aliphatic heterocycles. The Morgan fingerprint density at radius 2 is 1.77 bits per heavy atom. The number of aromatic nitrogens is 2. The van der Waals surface area contributed by atoms with E-state index in [9.17, 15) is 9.50 Å². The first-order chi connectivity index (χ1) is 14.9. The Kier molecular flexibility index (Phi) is 5.93. The van der Waals surface area contributed by atoms with Gasteiger partial charge in [-0.3, -0.25) is 0 Å². The number of phenolic OH excluding ortho intramolecular Hbond substituents is 1. The van der Waals surface area contributed by atoms with E-state index in [1.165, 1.54) is 18.2 Å². The average Bonchev–Trinajstić information content (AvgIpc) is 2.74. The molecular weight excluding hydrogens is 440 g/mol. The van der Waals surface area contributed by atoms with Crippen molar-refractivity contribution >= 4 is 29.2 Å². The van der Waals surface area contributed by atoms with E-state index in [4.69, 9.17) is 33.7 Å². The number of anilines is 1. The lowest BCUT2D eigenvalue weighted by atomic mass is 10.00. The van der Waals surface area contributed by atoms with Gasteiger partial charge in [0.2, 0.25) is 5.95 Å². The summed E-state index contributed by atoms with van der Waals surface area (Å²) in [5.74, 6) is -0.125. The molecule has 0 amide bonds. The molecule has 3 N–H and O–H groups in total. The molecule has 0 bridgehead atoms. The number of phenols is 1. The number of nitrogens with two attached hydrogens (primary N) is 1. The molecule has 3 aromatic carbocycles. The number of rotatable bonds is 5. The van der Waals surface area contributed by atoms with Gasteiger partial charge in [0.25, 0.3) is 0 Å². The van der Waals surface area contributed by atoms with Crippen molar-refractivity contribution in [3.8, 4) is 33.9 Å². The van der Waals surface area contributed by atoms with Crippen molar-refractivity contribution < 1.29 is 14.2 Å². The van der Waals surface area contributed by atoms with Crippen molar-refractivity contribution in [2.45, 2.75) is 6.61 Å². The Bertz CT molecular complexity index is 1230. The highest BCUT2D eigenvalue weighted by Crippen LogP contribution is 2.37. The molecule has 1 aromatic heterocycles. The number of benzene rings is 3. The van der Waals surface area contributed by atoms with Crippen LogP contribution in [-0.2, 0) is 6.61 Å². The van der Waals surface area contributed by atoms with E-state index < -0.39 is 5.82 Å². The van der Waals surface area contributed by atoms with E-state index in [0.717, 1.165) is 5.56 Å². The second kappa shape index (κ2) is 8.79. The molecule has 0 fully saturated rings. The molecule has 4 rings (SSSR count). The van der Waals surface area contributed by atoms with E-state index >= 15 is 0 Å². The van der Waals surface area contributed by atoms with Gasteiger partial charge in [-0.2, -0.15) is 0 Å². The lowest BCUT2D eigenvalue weighted by Crippen LogP contribution is -2.00. The molecule has 8 heteroatoms. The summed E-state index contributed by atoms with van der Waals surface area (Å²) in [4.78, 5) is 8.39. The minimum Gasteiger partial charge on any atom is -0.507 e. The quantitative estimate of drug-likeness (QED) is 0.378. The Morgan fingerprint density at radius 3 is 2.48 bits per heavy atom. The van der Waals surface area contributed by atoms with Gasteiger partial charge in [-0.25, -0.2) is 14.4 Å². The number of halogens is 3. The highest BCUT2D eigenvalue weighted by molar-refractivity contribution is 6.31. The van der Waals surface area contributed by atoms with Crippen LogP contribution in [0, 0.1) is 5.82 Å². The number of aromatic hydroxyl groups is 1. The Hall–Kier alpha value is -3.35. The normalized spacial score (nSPS) is 10.8. The van der Waals surface area contributed by atoms with Gasteiger partial charge in [0, 0.05) is 34.0 Å². The van der Waals surface area contributed by atoms with Crippen LogP contribution >= 0.6 is 23.2 Å². The summed E-state index contributed by atoms with van der Waals surface area (Å²) >= 11 is 12.0. The average molecular weight is 456 g/mol. The molecule has 0 atom stereocenters. The van der Waals surface area contributed by atoms with Crippen LogP contribution in [0.5, 0.6) is 11.5 Å².